The van der Waals surface area contributed by atoms with Crippen LogP contribution >= 0.6 is 11.3 Å². The molecule has 7 aromatic rings. The fraction of sp³-hybridized carbons (Fsp3) is 0.103. The number of phenolic OH excluding ortho intramolecular Hbond substituents is 1. The molecule has 27 nitrogen and oxygen atoms in total. The summed E-state index contributed by atoms with van der Waals surface area (Å²) >= 11 is 1.31. The predicted octanol–water partition coefficient (Wildman–Crippen LogP) is 6.85. The van der Waals surface area contributed by atoms with Gasteiger partial charge >= 0.3 is 28.7 Å². The van der Waals surface area contributed by atoms with Crippen molar-refractivity contribution in [2.45, 2.75) is 18.2 Å². The van der Waals surface area contributed by atoms with E-state index in [1.165, 1.54) is 65.9 Å². The molecule has 5 aromatic carbocycles. The first-order valence-electron chi connectivity index (χ1n) is 18.7. The van der Waals surface area contributed by atoms with E-state index in [1.54, 1.807) is 6.92 Å². The van der Waals surface area contributed by atoms with Gasteiger partial charge in [-0.1, -0.05) is 29.5 Å². The van der Waals surface area contributed by atoms with Crippen LogP contribution in [0.2, 0.25) is 0 Å². The molecule has 7 rings (SSSR count). The highest BCUT2D eigenvalue weighted by atomic mass is 32.2. The predicted molar refractivity (Wildman–Crippen MR) is 239 cm³/mol. The Bertz CT molecular complexity index is 3610. The van der Waals surface area contributed by atoms with Gasteiger partial charge in [-0.25, -0.2) is 9.78 Å². The topological polar surface area (TPSA) is 423 Å². The van der Waals surface area contributed by atoms with Gasteiger partial charge in [0, 0.05) is 16.8 Å². The first-order valence-corrected chi connectivity index (χ1v) is 23.6. The molecule has 0 aliphatic heterocycles. The molecule has 0 amide bonds. The number of aryl methyl sites for hydroxylation is 1. The van der Waals surface area contributed by atoms with Gasteiger partial charge in [-0.2, -0.15) is 36.2 Å². The smallest absolute Gasteiger partial charge is 0.425 e. The van der Waals surface area contributed by atoms with E-state index in [9.17, 15) is 56.0 Å². The van der Waals surface area contributed by atoms with Gasteiger partial charge < -0.3 is 25.2 Å². The van der Waals surface area contributed by atoms with Crippen molar-refractivity contribution in [3.8, 4) is 23.1 Å². The zero-order valence-electron chi connectivity index (χ0n) is 34.9. The van der Waals surface area contributed by atoms with Gasteiger partial charge in [0.05, 0.1) is 33.6 Å². The second kappa shape index (κ2) is 22.5. The van der Waals surface area contributed by atoms with Gasteiger partial charge in [0.15, 0.2) is 11.4 Å². The lowest BCUT2D eigenvalue weighted by Crippen LogP contribution is -2.12. The summed E-state index contributed by atoms with van der Waals surface area (Å²) < 4.78 is 101. The Kier molecular flexibility index (Phi) is 16.8. The van der Waals surface area contributed by atoms with Gasteiger partial charge in [-0.05, 0) is 73.2 Å². The minimum absolute atomic E-state index is 0.0294. The van der Waals surface area contributed by atoms with E-state index in [2.05, 4.69) is 40.8 Å². The number of fused-ring (bicyclic) bond motifs is 2. The molecule has 0 aliphatic rings. The van der Waals surface area contributed by atoms with Crippen molar-refractivity contribution in [2.75, 3.05) is 12.4 Å². The van der Waals surface area contributed by atoms with Crippen molar-refractivity contribution in [1.82, 2.24) is 14.8 Å². The number of carboxylic acids is 2. The summed E-state index contributed by atoms with van der Waals surface area (Å²) in [7, 11) is -12.7. The molecule has 0 aliphatic carbocycles. The molecule has 0 fully saturated rings. The highest BCUT2D eigenvalue weighted by Gasteiger charge is 2.25. The zero-order chi connectivity index (χ0) is 51.5. The third-order valence-electron chi connectivity index (χ3n) is 8.85. The van der Waals surface area contributed by atoms with Crippen LogP contribution in [0.3, 0.4) is 0 Å². The number of carboxylic acid groups (broad SMARTS) is 2. The Hall–Kier alpha value is -8.58. The number of para-hydroxylation sites is 1. The van der Waals surface area contributed by atoms with Crippen molar-refractivity contribution >= 4 is 115 Å². The van der Waals surface area contributed by atoms with Crippen LogP contribution in [-0.4, -0.2) is 104 Å². The molecule has 0 spiro atoms. The van der Waals surface area contributed by atoms with Crippen LogP contribution in [0.25, 0.3) is 26.7 Å². The number of rotatable bonds is 15. The minimum Gasteiger partial charge on any atom is -0.505 e. The van der Waals surface area contributed by atoms with Gasteiger partial charge in [0.2, 0.25) is 11.0 Å². The van der Waals surface area contributed by atoms with E-state index in [0.717, 1.165) is 21.0 Å². The maximum absolute atomic E-state index is 12.8. The third-order valence-corrected chi connectivity index (χ3v) is 11.4. The molecule has 0 unspecified atom stereocenters. The zero-order valence-corrected chi connectivity index (χ0v) is 38.2. The summed E-state index contributed by atoms with van der Waals surface area (Å²) in [5.41, 5.74) is 0.119. The molecule has 70 heavy (non-hydrogen) atoms. The van der Waals surface area contributed by atoms with Gasteiger partial charge in [-0.3, -0.25) is 13.9 Å². The average molecular weight is 1040 g/mol. The molecule has 0 atom stereocenters. The third kappa shape index (κ3) is 13.5. The number of aliphatic carboxylic acids is 1. The summed E-state index contributed by atoms with van der Waals surface area (Å²) in [6.07, 6.45) is -0.520. The minimum atomic E-state index is -5.14. The molecular weight excluding hydrogens is 1010 g/mol. The largest absolute Gasteiger partial charge is 0.505 e. The number of hydrogen-bond acceptors (Lipinski definition) is 23. The summed E-state index contributed by atoms with van der Waals surface area (Å²) in [5.74, 6) is -4.72. The van der Waals surface area contributed by atoms with Gasteiger partial charge in [0.1, 0.15) is 45.8 Å². The van der Waals surface area contributed by atoms with E-state index in [4.69, 9.17) is 27.0 Å². The fourth-order valence-corrected chi connectivity index (χ4v) is 7.85. The number of azo groups is 3. The lowest BCUT2D eigenvalue weighted by Gasteiger charge is -2.11. The van der Waals surface area contributed by atoms with Gasteiger partial charge in [-0.15, -0.1) is 43.3 Å². The SMILES string of the molecule is Cc1cc(N=Nc2ccc3c(S(=O)(=O)O)c(N=Nc4c(CC(=O)O)nn(-c5ccc(C(=O)O)cc5)c4O)ccc3c2O)c(OCCS(=O)(=O)O)cc1N=Nc1nc2ccccc2s1.O=C=O.O=S(=O)=O. The van der Waals surface area contributed by atoms with E-state index >= 15 is 0 Å². The molecule has 0 saturated carbocycles. The standard InChI is InChI=1S/C38H29N9O13S3.CO2.O3S/c1-19-16-28(30(60-14-15-62(54,55)56)17-27(19)42-45-38-39-24-4-2-3-5-31(24)61-38)43-40-25-12-11-23-22(34(25)50)10-13-26(35(23)63(57,58)59)41-44-33-29(18-32(48)49)46-47(36(33)51)21-8-6-20(7-9-21)37(52)53;2-1-3;1-4(2)3/h2-13,16-17,50-51H,14-15,18H2,1H3,(H,48,49)(H,52,53)(H,54,55,56)(H,57,58,59);;. The molecule has 31 heteroatoms. The number of aromatic nitrogens is 3. The Balaban J connectivity index is 0.00000123. The number of thiazole rings is 1. The van der Waals surface area contributed by atoms with Crippen LogP contribution < -0.4 is 4.74 Å². The van der Waals surface area contributed by atoms with Crippen LogP contribution in [0.4, 0.5) is 33.6 Å². The molecule has 0 radical (unpaired) electrons. The van der Waals surface area contributed by atoms with Crippen LogP contribution in [0.15, 0.2) is 121 Å². The number of carbonyl (C=O) groups is 2. The average Bonchev–Trinajstić information content (AvgIpc) is 3.83. The van der Waals surface area contributed by atoms with Crippen molar-refractivity contribution in [3.63, 3.8) is 0 Å². The maximum Gasteiger partial charge on any atom is 0.425 e. The molecule has 2 heterocycles. The number of phenols is 1. The van der Waals surface area contributed by atoms with Crippen LogP contribution in [0, 0.1) is 6.92 Å². The van der Waals surface area contributed by atoms with Crippen molar-refractivity contribution in [3.05, 3.63) is 102 Å². The summed E-state index contributed by atoms with van der Waals surface area (Å²) in [4.78, 5) is 42.8. The Morgan fingerprint density at radius 2 is 1.39 bits per heavy atom. The van der Waals surface area contributed by atoms with Gasteiger partial charge in [0.25, 0.3) is 20.2 Å². The van der Waals surface area contributed by atoms with E-state index in [-0.39, 0.29) is 51.0 Å². The monoisotopic (exact) mass is 1040 g/mol. The molecule has 362 valence electrons. The lowest BCUT2D eigenvalue weighted by molar-refractivity contribution is -0.191. The molecule has 0 bridgehead atoms. The maximum atomic E-state index is 12.8. The molecule has 2 aromatic heterocycles. The highest BCUT2D eigenvalue weighted by Crippen LogP contribution is 2.44. The van der Waals surface area contributed by atoms with E-state index in [1.807, 2.05) is 24.3 Å². The molecule has 6 N–H and O–H groups in total. The number of benzene rings is 5. The van der Waals surface area contributed by atoms with E-state index in [0.29, 0.717) is 16.4 Å². The normalized spacial score (nSPS) is 11.6. The van der Waals surface area contributed by atoms with Crippen LogP contribution in [0.1, 0.15) is 21.6 Å². The molecule has 0 saturated heterocycles. The number of hydrogen-bond donors (Lipinski definition) is 6. The second-order valence-electron chi connectivity index (χ2n) is 13.5. The highest BCUT2D eigenvalue weighted by molar-refractivity contribution is 7.86. The quantitative estimate of drug-likeness (QED) is 0.0451. The summed E-state index contributed by atoms with van der Waals surface area (Å²) in [5, 5.41) is 69.6. The fourth-order valence-electron chi connectivity index (χ4n) is 5.94. The number of aromatic hydroxyl groups is 2. The van der Waals surface area contributed by atoms with Crippen molar-refractivity contribution in [2.24, 2.45) is 30.7 Å². The number of nitrogens with zero attached hydrogens (tertiary/aromatic N) is 9. The Labute approximate surface area is 397 Å². The number of carbonyl (C=O) groups excluding carboxylic acids is 2. The van der Waals surface area contributed by atoms with Crippen LogP contribution in [-0.2, 0) is 51.6 Å². The van der Waals surface area contributed by atoms with Crippen molar-refractivity contribution in [1.29, 1.82) is 0 Å². The van der Waals surface area contributed by atoms with E-state index < -0.39 is 89.5 Å². The van der Waals surface area contributed by atoms with Crippen LogP contribution in [0.5, 0.6) is 17.4 Å². The van der Waals surface area contributed by atoms with Crippen molar-refractivity contribution < 1.29 is 82.9 Å². The molecular formula is C39H29N9O18S4. The number of aromatic carboxylic acids is 1. The first-order chi connectivity index (χ1) is 33.0. The Morgan fingerprint density at radius 1 is 0.786 bits per heavy atom. The summed E-state index contributed by atoms with van der Waals surface area (Å²) in [6.45, 7) is 1.18. The Morgan fingerprint density at radius 3 is 2.00 bits per heavy atom. The summed E-state index contributed by atoms with van der Waals surface area (Å²) in [6, 6.07) is 19.9. The lowest BCUT2D eigenvalue weighted by atomic mass is 10.1. The second-order valence-corrected chi connectivity index (χ2v) is 17.8. The first kappa shape index (κ1) is 52.4. The number of ether oxygens (including phenoxy) is 1.